The number of aromatic nitrogens is 3. The molecule has 26 heavy (non-hydrogen) atoms. The van der Waals surface area contributed by atoms with E-state index in [-0.39, 0.29) is 5.28 Å². The molecule has 0 amide bonds. The van der Waals surface area contributed by atoms with Crippen LogP contribution in [0.1, 0.15) is 42.9 Å². The summed E-state index contributed by atoms with van der Waals surface area (Å²) in [4.78, 5) is 13.3. The van der Waals surface area contributed by atoms with Gasteiger partial charge in [0, 0.05) is 17.1 Å². The first-order chi connectivity index (χ1) is 12.7. The van der Waals surface area contributed by atoms with Crippen LogP contribution in [0.3, 0.4) is 0 Å². The van der Waals surface area contributed by atoms with Crippen molar-refractivity contribution in [3.8, 4) is 0 Å². The largest absolute Gasteiger partial charge is 0.226 e. The second-order valence-electron chi connectivity index (χ2n) is 6.67. The Bertz CT molecular complexity index is 926. The summed E-state index contributed by atoms with van der Waals surface area (Å²) >= 11 is 6.18. The van der Waals surface area contributed by atoms with Crippen LogP contribution in [0.5, 0.6) is 0 Å². The molecule has 2 aliphatic carbocycles. The summed E-state index contributed by atoms with van der Waals surface area (Å²) in [5.41, 5.74) is 3.33. The maximum absolute atomic E-state index is 6.18. The molecule has 0 saturated heterocycles. The van der Waals surface area contributed by atoms with Crippen LogP contribution in [0, 0.1) is 5.92 Å². The molecular weight excluding hydrogens is 342 g/mol. The van der Waals surface area contributed by atoms with Crippen LogP contribution in [0.25, 0.3) is 11.1 Å². The van der Waals surface area contributed by atoms with Gasteiger partial charge < -0.3 is 0 Å². The minimum absolute atomic E-state index is 0.233. The zero-order chi connectivity index (χ0) is 17.9. The fourth-order valence-electron chi connectivity index (χ4n) is 3.45. The summed E-state index contributed by atoms with van der Waals surface area (Å²) in [5, 5.41) is 0.233. The normalized spacial score (nSPS) is 22.1. The van der Waals surface area contributed by atoms with Gasteiger partial charge in [-0.1, -0.05) is 73.7 Å². The number of halogens is 1. The van der Waals surface area contributed by atoms with Crippen molar-refractivity contribution < 1.29 is 0 Å². The van der Waals surface area contributed by atoms with Crippen molar-refractivity contribution >= 4 is 22.7 Å². The summed E-state index contributed by atoms with van der Waals surface area (Å²) in [6.45, 7) is 2.22. The van der Waals surface area contributed by atoms with Gasteiger partial charge in [0.15, 0.2) is 11.6 Å². The van der Waals surface area contributed by atoms with Gasteiger partial charge in [-0.3, -0.25) is 0 Å². The molecule has 2 atom stereocenters. The van der Waals surface area contributed by atoms with E-state index in [0.29, 0.717) is 23.5 Å². The van der Waals surface area contributed by atoms with Gasteiger partial charge in [-0.05, 0) is 35.9 Å². The van der Waals surface area contributed by atoms with E-state index in [1.807, 2.05) is 6.07 Å². The van der Waals surface area contributed by atoms with Crippen LogP contribution in [0.2, 0.25) is 5.28 Å². The lowest BCUT2D eigenvalue weighted by Gasteiger charge is -2.23. The van der Waals surface area contributed by atoms with Crippen molar-refractivity contribution in [1.29, 1.82) is 0 Å². The number of benzene rings is 1. The second-order valence-corrected chi connectivity index (χ2v) is 7.01. The number of hydrogen-bond acceptors (Lipinski definition) is 3. The van der Waals surface area contributed by atoms with Crippen LogP contribution < -0.4 is 0 Å². The first kappa shape index (κ1) is 16.9. The molecule has 0 aliphatic heterocycles. The van der Waals surface area contributed by atoms with Gasteiger partial charge in [-0.15, -0.1) is 0 Å². The van der Waals surface area contributed by atoms with Crippen molar-refractivity contribution in [2.45, 2.75) is 25.7 Å². The number of rotatable bonds is 3. The average molecular weight is 362 g/mol. The maximum Gasteiger partial charge on any atom is 0.226 e. The monoisotopic (exact) mass is 361 g/mol. The van der Waals surface area contributed by atoms with E-state index in [0.717, 1.165) is 24.0 Å². The Morgan fingerprint density at radius 2 is 1.69 bits per heavy atom. The third kappa shape index (κ3) is 3.54. The molecule has 0 fully saturated rings. The zero-order valence-corrected chi connectivity index (χ0v) is 15.4. The van der Waals surface area contributed by atoms with Crippen LogP contribution in [0.4, 0.5) is 0 Å². The highest BCUT2D eigenvalue weighted by atomic mass is 35.5. The molecule has 2 aliphatic rings. The Balaban J connectivity index is 1.64. The van der Waals surface area contributed by atoms with E-state index >= 15 is 0 Å². The first-order valence-corrected chi connectivity index (χ1v) is 9.32. The molecule has 130 valence electrons. The molecular formula is C22H20ClN3. The number of nitrogens with zero attached hydrogens (tertiary/aromatic N) is 3. The average Bonchev–Trinajstić information content (AvgIpc) is 2.69. The standard InChI is InChI=1S/C22H20ClN3/c1-15-14-18(12-13-19(15)16-8-4-2-5-9-16)21-24-20(25-22(23)26-21)17-10-6-3-7-11-17/h2,4-6,8-15,19H,3,7H2,1H3. The predicted octanol–water partition coefficient (Wildman–Crippen LogP) is 5.63. The molecule has 1 aromatic heterocycles. The molecule has 1 heterocycles. The molecule has 0 radical (unpaired) electrons. The number of allylic oxidation sites excluding steroid dienone is 8. The molecule has 4 rings (SSSR count). The fraction of sp³-hybridized carbons (Fsp3) is 0.227. The van der Waals surface area contributed by atoms with Gasteiger partial charge in [0.2, 0.25) is 5.28 Å². The van der Waals surface area contributed by atoms with Crippen LogP contribution >= 0.6 is 11.6 Å². The lowest BCUT2D eigenvalue weighted by Crippen LogP contribution is -2.11. The van der Waals surface area contributed by atoms with Gasteiger partial charge in [0.05, 0.1) is 0 Å². The summed E-state index contributed by atoms with van der Waals surface area (Å²) in [5.74, 6) is 1.99. The zero-order valence-electron chi connectivity index (χ0n) is 14.6. The summed E-state index contributed by atoms with van der Waals surface area (Å²) in [6.07, 6.45) is 14.9. The van der Waals surface area contributed by atoms with Gasteiger partial charge >= 0.3 is 0 Å². The molecule has 2 aromatic rings. The summed E-state index contributed by atoms with van der Waals surface area (Å²) in [7, 11) is 0. The first-order valence-electron chi connectivity index (χ1n) is 8.95. The highest BCUT2D eigenvalue weighted by Gasteiger charge is 2.21. The SMILES string of the molecule is CC1C=C(c2nc(Cl)nc(C3=CCCC=C3)n2)C=CC1c1ccccc1. The van der Waals surface area contributed by atoms with Gasteiger partial charge in [-0.2, -0.15) is 9.97 Å². The minimum atomic E-state index is 0.233. The quantitative estimate of drug-likeness (QED) is 0.710. The third-order valence-electron chi connectivity index (χ3n) is 4.80. The Morgan fingerprint density at radius 1 is 0.923 bits per heavy atom. The lowest BCUT2D eigenvalue weighted by molar-refractivity contribution is 0.637. The molecule has 2 unspecified atom stereocenters. The molecule has 1 aromatic carbocycles. The van der Waals surface area contributed by atoms with Crippen LogP contribution in [0.15, 0.2) is 66.8 Å². The van der Waals surface area contributed by atoms with Crippen molar-refractivity contribution in [1.82, 2.24) is 15.0 Å². The van der Waals surface area contributed by atoms with Crippen molar-refractivity contribution in [2.75, 3.05) is 0 Å². The summed E-state index contributed by atoms with van der Waals surface area (Å²) < 4.78 is 0. The smallest absolute Gasteiger partial charge is 0.208 e. The molecule has 0 bridgehead atoms. The Labute approximate surface area is 158 Å². The topological polar surface area (TPSA) is 38.7 Å². The van der Waals surface area contributed by atoms with Crippen molar-refractivity contribution in [3.05, 3.63) is 89.3 Å². The van der Waals surface area contributed by atoms with Crippen molar-refractivity contribution in [3.63, 3.8) is 0 Å². The maximum atomic E-state index is 6.18. The molecule has 0 N–H and O–H groups in total. The van der Waals surface area contributed by atoms with E-state index in [1.165, 1.54) is 5.56 Å². The minimum Gasteiger partial charge on any atom is -0.208 e. The Hall–Kier alpha value is -2.52. The predicted molar refractivity (Wildman–Crippen MR) is 107 cm³/mol. The van der Waals surface area contributed by atoms with Crippen LogP contribution in [-0.4, -0.2) is 15.0 Å². The van der Waals surface area contributed by atoms with Gasteiger partial charge in [-0.25, -0.2) is 4.98 Å². The Kier molecular flexibility index (Phi) is 4.81. The third-order valence-corrected chi connectivity index (χ3v) is 4.97. The highest BCUT2D eigenvalue weighted by Crippen LogP contribution is 2.34. The molecule has 4 heteroatoms. The molecule has 3 nitrogen and oxygen atoms in total. The van der Waals surface area contributed by atoms with Gasteiger partial charge in [0.25, 0.3) is 0 Å². The molecule has 0 spiro atoms. The highest BCUT2D eigenvalue weighted by molar-refractivity contribution is 6.28. The van der Waals surface area contributed by atoms with Crippen LogP contribution in [-0.2, 0) is 0 Å². The van der Waals surface area contributed by atoms with Crippen molar-refractivity contribution in [2.24, 2.45) is 5.92 Å². The van der Waals surface area contributed by atoms with E-state index in [4.69, 9.17) is 11.6 Å². The fourth-order valence-corrected chi connectivity index (χ4v) is 3.61. The van der Waals surface area contributed by atoms with Gasteiger partial charge in [0.1, 0.15) is 0 Å². The van der Waals surface area contributed by atoms with E-state index < -0.39 is 0 Å². The number of hydrogen-bond donors (Lipinski definition) is 0. The van der Waals surface area contributed by atoms with E-state index in [9.17, 15) is 0 Å². The Morgan fingerprint density at radius 3 is 2.38 bits per heavy atom. The molecule has 0 saturated carbocycles. The van der Waals surface area contributed by atoms with E-state index in [1.54, 1.807) is 0 Å². The van der Waals surface area contributed by atoms with E-state index in [2.05, 4.69) is 82.6 Å². The second kappa shape index (κ2) is 7.38. The lowest BCUT2D eigenvalue weighted by atomic mass is 9.82. The summed E-state index contributed by atoms with van der Waals surface area (Å²) in [6, 6.07) is 10.6.